The average Bonchev–Trinajstić information content (AvgIpc) is 2.61. The average molecular weight is 391 g/mol. The van der Waals surface area contributed by atoms with Crippen LogP contribution in [0.2, 0.25) is 0 Å². The topological polar surface area (TPSA) is 81.5 Å². The summed E-state index contributed by atoms with van der Waals surface area (Å²) in [6.45, 7) is 7.60. The van der Waals surface area contributed by atoms with Gasteiger partial charge in [0.15, 0.2) is 5.16 Å². The molecule has 8 heteroatoms. The number of fused-ring (bicyclic) bond motifs is 1. The molecule has 0 aliphatic carbocycles. The summed E-state index contributed by atoms with van der Waals surface area (Å²) in [5, 5.41) is 0.743. The number of thioether (sulfide) groups is 1. The molecule has 0 radical (unpaired) electrons. The summed E-state index contributed by atoms with van der Waals surface area (Å²) in [6, 6.07) is 7.07. The van der Waals surface area contributed by atoms with Gasteiger partial charge in [0.1, 0.15) is 6.54 Å². The lowest BCUT2D eigenvalue weighted by molar-refractivity contribution is -0.141. The van der Waals surface area contributed by atoms with Crippen LogP contribution in [0.15, 0.2) is 34.2 Å². The quantitative estimate of drug-likeness (QED) is 0.409. The van der Waals surface area contributed by atoms with E-state index in [9.17, 15) is 14.4 Å². The maximum Gasteiger partial charge on any atom is 0.325 e. The molecule has 7 nitrogen and oxygen atoms in total. The molecule has 0 saturated heterocycles. The summed E-state index contributed by atoms with van der Waals surface area (Å²) in [6.07, 6.45) is 0. The molecule has 1 aromatic carbocycles. The van der Waals surface area contributed by atoms with Crippen molar-refractivity contribution in [1.82, 2.24) is 14.5 Å². The molecule has 0 aliphatic heterocycles. The highest BCUT2D eigenvalue weighted by atomic mass is 32.2. The molecule has 0 unspecified atom stereocenters. The van der Waals surface area contributed by atoms with Crippen LogP contribution in [0.5, 0.6) is 0 Å². The number of ether oxygens (including phenoxy) is 1. The van der Waals surface area contributed by atoms with Gasteiger partial charge in [0, 0.05) is 12.1 Å². The number of carbonyl (C=O) groups is 2. The summed E-state index contributed by atoms with van der Waals surface area (Å²) in [5.74, 6) is -0.465. The van der Waals surface area contributed by atoms with Gasteiger partial charge in [0.2, 0.25) is 5.91 Å². The van der Waals surface area contributed by atoms with E-state index in [0.717, 1.165) is 11.8 Å². The van der Waals surface area contributed by atoms with Crippen molar-refractivity contribution in [2.45, 2.75) is 51.5 Å². The number of benzene rings is 1. The first-order chi connectivity index (χ1) is 12.8. The number of aromatic nitrogens is 2. The second kappa shape index (κ2) is 9.03. The molecule has 0 N–H and O–H groups in total. The van der Waals surface area contributed by atoms with E-state index in [0.29, 0.717) is 16.1 Å². The fraction of sp³-hybridized carbons (Fsp3) is 0.474. The van der Waals surface area contributed by atoms with Crippen LogP contribution < -0.4 is 5.56 Å². The van der Waals surface area contributed by atoms with Gasteiger partial charge in [0.05, 0.1) is 23.8 Å². The molecule has 27 heavy (non-hydrogen) atoms. The van der Waals surface area contributed by atoms with Gasteiger partial charge in [-0.1, -0.05) is 23.9 Å². The third-order valence-corrected chi connectivity index (χ3v) is 5.03. The number of methoxy groups -OCH3 is 1. The Labute approximate surface area is 162 Å². The summed E-state index contributed by atoms with van der Waals surface area (Å²) < 4.78 is 5.96. The fourth-order valence-corrected chi connectivity index (χ4v) is 3.83. The Balaban J connectivity index is 2.38. The summed E-state index contributed by atoms with van der Waals surface area (Å²) >= 11 is 1.15. The summed E-state index contributed by atoms with van der Waals surface area (Å²) in [5.41, 5.74) is 0.202. The number of rotatable bonds is 7. The minimum absolute atomic E-state index is 0.0444. The molecule has 2 aromatic rings. The molecule has 1 aromatic heterocycles. The van der Waals surface area contributed by atoms with Crippen LogP contribution in [0.4, 0.5) is 0 Å². The Morgan fingerprint density at radius 2 is 1.81 bits per heavy atom. The van der Waals surface area contributed by atoms with Gasteiger partial charge in [-0.05, 0) is 39.8 Å². The van der Waals surface area contributed by atoms with Crippen molar-refractivity contribution >= 4 is 34.5 Å². The standard InChI is InChI=1S/C19H25N3O4S/c1-12(2)22(13(3)4)16(23)11-27-19-20-15-9-7-6-8-14(15)18(25)21(19)10-17(24)26-5/h6-9,12-13H,10-11H2,1-5H3. The molecule has 0 fully saturated rings. The van der Waals surface area contributed by atoms with E-state index < -0.39 is 5.97 Å². The summed E-state index contributed by atoms with van der Waals surface area (Å²) in [4.78, 5) is 43.5. The van der Waals surface area contributed by atoms with Gasteiger partial charge < -0.3 is 9.64 Å². The highest BCUT2D eigenvalue weighted by Crippen LogP contribution is 2.19. The van der Waals surface area contributed by atoms with Gasteiger partial charge in [-0.3, -0.25) is 19.0 Å². The Morgan fingerprint density at radius 3 is 2.41 bits per heavy atom. The van der Waals surface area contributed by atoms with Crippen molar-refractivity contribution in [2.24, 2.45) is 0 Å². The Kier molecular flexibility index (Phi) is 7.01. The Morgan fingerprint density at radius 1 is 1.19 bits per heavy atom. The molecule has 0 atom stereocenters. The van der Waals surface area contributed by atoms with E-state index in [1.807, 2.05) is 27.7 Å². The minimum Gasteiger partial charge on any atom is -0.468 e. The van der Waals surface area contributed by atoms with E-state index in [4.69, 9.17) is 4.74 Å². The molecular weight excluding hydrogens is 366 g/mol. The van der Waals surface area contributed by atoms with Gasteiger partial charge in [-0.15, -0.1) is 0 Å². The molecule has 0 bridgehead atoms. The van der Waals surface area contributed by atoms with Crippen LogP contribution in [0.25, 0.3) is 10.9 Å². The number of hydrogen-bond acceptors (Lipinski definition) is 6. The third-order valence-electron chi connectivity index (χ3n) is 4.07. The molecule has 0 aliphatic rings. The molecule has 2 rings (SSSR count). The Hall–Kier alpha value is -2.35. The van der Waals surface area contributed by atoms with Crippen LogP contribution >= 0.6 is 11.8 Å². The van der Waals surface area contributed by atoms with Crippen LogP contribution in [-0.4, -0.2) is 51.3 Å². The largest absolute Gasteiger partial charge is 0.468 e. The number of esters is 1. The zero-order chi connectivity index (χ0) is 20.1. The molecule has 0 saturated carbocycles. The fourth-order valence-electron chi connectivity index (χ4n) is 2.96. The van der Waals surface area contributed by atoms with Crippen molar-refractivity contribution in [3.8, 4) is 0 Å². The van der Waals surface area contributed by atoms with Crippen LogP contribution in [0.3, 0.4) is 0 Å². The smallest absolute Gasteiger partial charge is 0.325 e. The van der Waals surface area contributed by atoms with Crippen molar-refractivity contribution in [2.75, 3.05) is 12.9 Å². The molecule has 1 heterocycles. The van der Waals surface area contributed by atoms with Crippen molar-refractivity contribution in [1.29, 1.82) is 0 Å². The predicted octanol–water partition coefficient (Wildman–Crippen LogP) is 2.31. The van der Waals surface area contributed by atoms with Crippen molar-refractivity contribution in [3.05, 3.63) is 34.6 Å². The first kappa shape index (κ1) is 21.0. The van der Waals surface area contributed by atoms with Crippen molar-refractivity contribution < 1.29 is 14.3 Å². The molecule has 146 valence electrons. The van der Waals surface area contributed by atoms with Crippen LogP contribution in [0.1, 0.15) is 27.7 Å². The highest BCUT2D eigenvalue weighted by molar-refractivity contribution is 7.99. The first-order valence-corrected chi connectivity index (χ1v) is 9.75. The monoisotopic (exact) mass is 391 g/mol. The van der Waals surface area contributed by atoms with E-state index in [2.05, 4.69) is 4.98 Å². The number of carbonyl (C=O) groups excluding carboxylic acids is 2. The van der Waals surface area contributed by atoms with Gasteiger partial charge in [0.25, 0.3) is 5.56 Å². The molecule has 1 amide bonds. The highest BCUT2D eigenvalue weighted by Gasteiger charge is 2.22. The van der Waals surface area contributed by atoms with Crippen molar-refractivity contribution in [3.63, 3.8) is 0 Å². The lowest BCUT2D eigenvalue weighted by Gasteiger charge is -2.30. The normalized spacial score (nSPS) is 11.2. The van der Waals surface area contributed by atoms with E-state index >= 15 is 0 Å². The van der Waals surface area contributed by atoms with E-state index in [1.54, 1.807) is 29.2 Å². The first-order valence-electron chi connectivity index (χ1n) is 8.76. The lowest BCUT2D eigenvalue weighted by Crippen LogP contribution is -2.43. The predicted molar refractivity (Wildman–Crippen MR) is 106 cm³/mol. The minimum atomic E-state index is -0.548. The Bertz CT molecular complexity index is 884. The SMILES string of the molecule is COC(=O)Cn1c(SCC(=O)N(C(C)C)C(C)C)nc2ccccc2c1=O. The maximum atomic E-state index is 12.8. The third kappa shape index (κ3) is 4.88. The lowest BCUT2D eigenvalue weighted by atomic mass is 10.2. The van der Waals surface area contributed by atoms with E-state index in [-0.39, 0.29) is 35.8 Å². The van der Waals surface area contributed by atoms with E-state index in [1.165, 1.54) is 11.7 Å². The maximum absolute atomic E-state index is 12.8. The van der Waals surface area contributed by atoms with Gasteiger partial charge in [-0.2, -0.15) is 0 Å². The number of para-hydroxylation sites is 1. The number of nitrogens with zero attached hydrogens (tertiary/aromatic N) is 3. The molecular formula is C19H25N3O4S. The second-order valence-corrected chi connectivity index (χ2v) is 7.60. The number of amides is 1. The second-order valence-electron chi connectivity index (χ2n) is 6.66. The van der Waals surface area contributed by atoms with Gasteiger partial charge >= 0.3 is 5.97 Å². The zero-order valence-corrected chi connectivity index (χ0v) is 17.1. The summed E-state index contributed by atoms with van der Waals surface area (Å²) in [7, 11) is 1.27. The van der Waals surface area contributed by atoms with Gasteiger partial charge in [-0.25, -0.2) is 4.98 Å². The zero-order valence-electron chi connectivity index (χ0n) is 16.3. The van der Waals surface area contributed by atoms with Crippen LogP contribution in [-0.2, 0) is 20.9 Å². The molecule has 0 spiro atoms. The number of hydrogen-bond donors (Lipinski definition) is 0. The van der Waals surface area contributed by atoms with Crippen LogP contribution in [0, 0.1) is 0 Å².